The fourth-order valence-electron chi connectivity index (χ4n) is 1.41. The van der Waals surface area contributed by atoms with E-state index in [-0.39, 0.29) is 17.1 Å². The summed E-state index contributed by atoms with van der Waals surface area (Å²) in [5.41, 5.74) is 0.250. The van der Waals surface area contributed by atoms with Crippen LogP contribution in [0.5, 0.6) is 0 Å². The van der Waals surface area contributed by atoms with E-state index in [0.29, 0.717) is 13.0 Å². The lowest BCUT2D eigenvalue weighted by atomic mass is 10.3. The van der Waals surface area contributed by atoms with E-state index in [0.717, 1.165) is 12.1 Å². The first kappa shape index (κ1) is 15.2. The van der Waals surface area contributed by atoms with Crippen molar-refractivity contribution < 1.29 is 19.1 Å². The van der Waals surface area contributed by atoms with Gasteiger partial charge in [0, 0.05) is 30.7 Å². The molecule has 0 spiro atoms. The van der Waals surface area contributed by atoms with E-state index in [2.05, 4.69) is 5.32 Å². The highest BCUT2D eigenvalue weighted by Crippen LogP contribution is 2.18. The van der Waals surface area contributed by atoms with Gasteiger partial charge < -0.3 is 15.3 Å². The molecule has 19 heavy (non-hydrogen) atoms. The number of nitrogens with zero attached hydrogens (tertiary/aromatic N) is 1. The molecular weight excluding hydrogens is 275 g/mol. The first-order valence-electron chi connectivity index (χ1n) is 5.58. The number of urea groups is 1. The summed E-state index contributed by atoms with van der Waals surface area (Å²) in [5.74, 6) is -1.46. The first-order valence-corrected chi connectivity index (χ1v) is 5.96. The van der Waals surface area contributed by atoms with Crippen molar-refractivity contribution in [3.05, 3.63) is 29.0 Å². The van der Waals surface area contributed by atoms with Gasteiger partial charge in [-0.05, 0) is 24.6 Å². The summed E-state index contributed by atoms with van der Waals surface area (Å²) in [5, 5.41) is 11.1. The Hall–Kier alpha value is -1.82. The van der Waals surface area contributed by atoms with Crippen LogP contribution in [0.4, 0.5) is 14.9 Å². The summed E-state index contributed by atoms with van der Waals surface area (Å²) in [6.07, 6.45) is 0.340. The van der Waals surface area contributed by atoms with Gasteiger partial charge in [-0.2, -0.15) is 0 Å². The Morgan fingerprint density at radius 3 is 2.68 bits per heavy atom. The van der Waals surface area contributed by atoms with Gasteiger partial charge in [0.2, 0.25) is 0 Å². The second-order valence-electron chi connectivity index (χ2n) is 4.01. The maximum atomic E-state index is 13.1. The lowest BCUT2D eigenvalue weighted by Gasteiger charge is -2.17. The van der Waals surface area contributed by atoms with Crippen molar-refractivity contribution >= 4 is 29.3 Å². The van der Waals surface area contributed by atoms with E-state index < -0.39 is 17.8 Å². The fourth-order valence-corrected chi connectivity index (χ4v) is 1.64. The van der Waals surface area contributed by atoms with E-state index in [1.165, 1.54) is 18.0 Å². The lowest BCUT2D eigenvalue weighted by molar-refractivity contribution is -0.137. The number of nitrogens with one attached hydrogen (secondary N) is 1. The number of carbonyl (C=O) groups is 2. The highest BCUT2D eigenvalue weighted by molar-refractivity contribution is 6.30. The lowest BCUT2D eigenvalue weighted by Crippen LogP contribution is -2.32. The number of carbonyl (C=O) groups excluding carboxylic acids is 1. The van der Waals surface area contributed by atoms with Crippen molar-refractivity contribution in [1.82, 2.24) is 4.90 Å². The van der Waals surface area contributed by atoms with Crippen molar-refractivity contribution in [1.29, 1.82) is 0 Å². The summed E-state index contributed by atoms with van der Waals surface area (Å²) < 4.78 is 13.1. The Balaban J connectivity index is 2.51. The number of halogens is 2. The van der Waals surface area contributed by atoms with Crippen LogP contribution in [0.1, 0.15) is 12.8 Å². The van der Waals surface area contributed by atoms with Crippen LogP contribution in [0, 0.1) is 5.82 Å². The van der Waals surface area contributed by atoms with Gasteiger partial charge in [-0.1, -0.05) is 11.6 Å². The minimum atomic E-state index is -0.911. The molecule has 1 aromatic rings. The van der Waals surface area contributed by atoms with Crippen molar-refractivity contribution in [3.8, 4) is 0 Å². The molecule has 0 bridgehead atoms. The molecule has 7 heteroatoms. The summed E-state index contributed by atoms with van der Waals surface area (Å²) in [4.78, 5) is 23.4. The van der Waals surface area contributed by atoms with Crippen molar-refractivity contribution in [2.45, 2.75) is 12.8 Å². The number of benzene rings is 1. The van der Waals surface area contributed by atoms with Crippen LogP contribution >= 0.6 is 11.6 Å². The zero-order valence-corrected chi connectivity index (χ0v) is 11.1. The molecule has 0 fully saturated rings. The first-order chi connectivity index (χ1) is 8.88. The van der Waals surface area contributed by atoms with Gasteiger partial charge in [0.05, 0.1) is 0 Å². The Kier molecular flexibility index (Phi) is 5.57. The number of amides is 2. The van der Waals surface area contributed by atoms with Gasteiger partial charge in [-0.3, -0.25) is 4.79 Å². The number of hydrogen-bond acceptors (Lipinski definition) is 2. The SMILES string of the molecule is CN(CCCC(=O)O)C(=O)Nc1cc(F)cc(Cl)c1. The molecule has 0 heterocycles. The number of anilines is 1. The predicted molar refractivity (Wildman–Crippen MR) is 69.9 cm³/mol. The summed E-state index contributed by atoms with van der Waals surface area (Å²) >= 11 is 5.66. The van der Waals surface area contributed by atoms with Crippen LogP contribution < -0.4 is 5.32 Å². The fraction of sp³-hybridized carbons (Fsp3) is 0.333. The molecule has 1 rings (SSSR count). The third-order valence-corrected chi connectivity index (χ3v) is 2.56. The standard InChI is InChI=1S/C12H14ClFN2O3/c1-16(4-2-3-11(17)18)12(19)15-10-6-8(13)5-9(14)7-10/h5-7H,2-4H2,1H3,(H,15,19)(H,17,18). The molecule has 104 valence electrons. The molecule has 0 radical (unpaired) electrons. The van der Waals surface area contributed by atoms with E-state index in [1.54, 1.807) is 0 Å². The number of aliphatic carboxylic acids is 1. The molecule has 0 aliphatic rings. The molecule has 0 saturated heterocycles. The van der Waals surface area contributed by atoms with E-state index in [4.69, 9.17) is 16.7 Å². The average Bonchev–Trinajstić information content (AvgIpc) is 2.26. The molecule has 1 aromatic carbocycles. The summed E-state index contributed by atoms with van der Waals surface area (Å²) in [6.45, 7) is 0.293. The zero-order valence-electron chi connectivity index (χ0n) is 10.3. The molecular formula is C12H14ClFN2O3. The summed E-state index contributed by atoms with van der Waals surface area (Å²) in [6, 6.07) is 3.25. The third kappa shape index (κ3) is 5.56. The highest BCUT2D eigenvalue weighted by Gasteiger charge is 2.10. The van der Waals surface area contributed by atoms with Crippen molar-refractivity contribution in [2.75, 3.05) is 18.9 Å². The number of hydrogen-bond donors (Lipinski definition) is 2. The van der Waals surface area contributed by atoms with Crippen LogP contribution in [-0.2, 0) is 4.79 Å². The molecule has 2 N–H and O–H groups in total. The highest BCUT2D eigenvalue weighted by atomic mass is 35.5. The van der Waals surface area contributed by atoms with Crippen molar-refractivity contribution in [2.24, 2.45) is 0 Å². The molecule has 0 aliphatic heterocycles. The van der Waals surface area contributed by atoms with Gasteiger partial charge in [0.15, 0.2) is 0 Å². The Labute approximate surface area is 115 Å². The Morgan fingerprint density at radius 2 is 2.11 bits per heavy atom. The van der Waals surface area contributed by atoms with Gasteiger partial charge in [-0.15, -0.1) is 0 Å². The Bertz CT molecular complexity index is 462. The van der Waals surface area contributed by atoms with Crippen LogP contribution in [0.15, 0.2) is 18.2 Å². The topological polar surface area (TPSA) is 69.6 Å². The van der Waals surface area contributed by atoms with Crippen LogP contribution in [0.3, 0.4) is 0 Å². The maximum absolute atomic E-state index is 13.1. The third-order valence-electron chi connectivity index (χ3n) is 2.34. The van der Waals surface area contributed by atoms with E-state index >= 15 is 0 Å². The number of carboxylic acid groups (broad SMARTS) is 1. The molecule has 0 aliphatic carbocycles. The molecule has 0 atom stereocenters. The van der Waals surface area contributed by atoms with Gasteiger partial charge in [0.1, 0.15) is 5.82 Å². The molecule has 5 nitrogen and oxygen atoms in total. The number of rotatable bonds is 5. The minimum absolute atomic E-state index is 0.0105. The number of carboxylic acids is 1. The molecule has 0 unspecified atom stereocenters. The molecule has 0 saturated carbocycles. The normalized spacial score (nSPS) is 10.1. The smallest absolute Gasteiger partial charge is 0.321 e. The van der Waals surface area contributed by atoms with Crippen molar-refractivity contribution in [3.63, 3.8) is 0 Å². The zero-order chi connectivity index (χ0) is 14.4. The average molecular weight is 289 g/mol. The van der Waals surface area contributed by atoms with Gasteiger partial charge >= 0.3 is 12.0 Å². The Morgan fingerprint density at radius 1 is 1.42 bits per heavy atom. The monoisotopic (exact) mass is 288 g/mol. The quantitative estimate of drug-likeness (QED) is 0.875. The maximum Gasteiger partial charge on any atom is 0.321 e. The van der Waals surface area contributed by atoms with Gasteiger partial charge in [0.25, 0.3) is 0 Å². The second kappa shape index (κ2) is 6.94. The summed E-state index contributed by atoms with van der Waals surface area (Å²) in [7, 11) is 1.53. The molecule has 0 aromatic heterocycles. The predicted octanol–water partition coefficient (Wildman–Crippen LogP) is 2.81. The largest absolute Gasteiger partial charge is 0.481 e. The van der Waals surface area contributed by atoms with Crippen LogP contribution in [0.25, 0.3) is 0 Å². The van der Waals surface area contributed by atoms with E-state index in [1.807, 2.05) is 0 Å². The molecule has 2 amide bonds. The van der Waals surface area contributed by atoms with Gasteiger partial charge in [-0.25, -0.2) is 9.18 Å². The minimum Gasteiger partial charge on any atom is -0.481 e. The second-order valence-corrected chi connectivity index (χ2v) is 4.44. The van der Waals surface area contributed by atoms with Crippen LogP contribution in [0.2, 0.25) is 5.02 Å². The van der Waals surface area contributed by atoms with E-state index in [9.17, 15) is 14.0 Å². The van der Waals surface area contributed by atoms with Crippen LogP contribution in [-0.4, -0.2) is 35.6 Å².